The van der Waals surface area contributed by atoms with Gasteiger partial charge < -0.3 is 5.73 Å². The summed E-state index contributed by atoms with van der Waals surface area (Å²) in [6.45, 7) is 1.97. The largest absolute Gasteiger partial charge is 0.324 e. The molecule has 2 rings (SSSR count). The molecular formula is C15H15BrFNS. The van der Waals surface area contributed by atoms with Crippen molar-refractivity contribution in [3.63, 3.8) is 0 Å². The van der Waals surface area contributed by atoms with Gasteiger partial charge in [0.1, 0.15) is 5.82 Å². The molecule has 0 amide bonds. The van der Waals surface area contributed by atoms with E-state index in [2.05, 4.69) is 28.1 Å². The van der Waals surface area contributed by atoms with Gasteiger partial charge in [-0.25, -0.2) is 4.39 Å². The van der Waals surface area contributed by atoms with E-state index in [1.807, 2.05) is 31.2 Å². The third-order valence-corrected chi connectivity index (χ3v) is 4.45. The summed E-state index contributed by atoms with van der Waals surface area (Å²) in [6, 6.07) is 13.4. The standard InChI is InChI=1S/C15H15BrFNS/c1-10(18)12-3-2-4-13(8-12)19-9-11-5-6-15(17)14(16)7-11/h2-8,10H,9,18H2,1H3. The average molecular weight is 340 g/mol. The van der Waals surface area contributed by atoms with Crippen molar-refractivity contribution < 1.29 is 4.39 Å². The molecule has 0 saturated heterocycles. The molecule has 19 heavy (non-hydrogen) atoms. The van der Waals surface area contributed by atoms with Crippen LogP contribution in [0.1, 0.15) is 24.1 Å². The van der Waals surface area contributed by atoms with E-state index >= 15 is 0 Å². The summed E-state index contributed by atoms with van der Waals surface area (Å²) in [7, 11) is 0. The summed E-state index contributed by atoms with van der Waals surface area (Å²) in [5.74, 6) is 0.578. The minimum Gasteiger partial charge on any atom is -0.324 e. The fraction of sp³-hybridized carbons (Fsp3) is 0.200. The molecule has 0 heterocycles. The highest BCUT2D eigenvalue weighted by Gasteiger charge is 2.03. The predicted molar refractivity (Wildman–Crippen MR) is 82.7 cm³/mol. The fourth-order valence-corrected chi connectivity index (χ4v) is 3.02. The van der Waals surface area contributed by atoms with Gasteiger partial charge in [0.2, 0.25) is 0 Å². The first-order chi connectivity index (χ1) is 9.06. The van der Waals surface area contributed by atoms with E-state index in [0.717, 1.165) is 16.9 Å². The van der Waals surface area contributed by atoms with Gasteiger partial charge >= 0.3 is 0 Å². The maximum Gasteiger partial charge on any atom is 0.137 e. The predicted octanol–water partition coefficient (Wildman–Crippen LogP) is 4.90. The van der Waals surface area contributed by atoms with Crippen molar-refractivity contribution in [1.82, 2.24) is 0 Å². The molecule has 0 spiro atoms. The summed E-state index contributed by atoms with van der Waals surface area (Å²) < 4.78 is 13.6. The highest BCUT2D eigenvalue weighted by molar-refractivity contribution is 9.10. The quantitative estimate of drug-likeness (QED) is 0.801. The lowest BCUT2D eigenvalue weighted by Crippen LogP contribution is -2.04. The van der Waals surface area contributed by atoms with Crippen molar-refractivity contribution >= 4 is 27.7 Å². The van der Waals surface area contributed by atoms with Crippen molar-refractivity contribution in [2.75, 3.05) is 0 Å². The zero-order valence-electron chi connectivity index (χ0n) is 10.6. The van der Waals surface area contributed by atoms with Crippen LogP contribution >= 0.6 is 27.7 Å². The SMILES string of the molecule is CC(N)c1cccc(SCc2ccc(F)c(Br)c2)c1. The lowest BCUT2D eigenvalue weighted by atomic mass is 10.1. The van der Waals surface area contributed by atoms with Crippen molar-refractivity contribution in [2.24, 2.45) is 5.73 Å². The molecule has 2 aromatic carbocycles. The Morgan fingerprint density at radius 1 is 1.26 bits per heavy atom. The second-order valence-corrected chi connectivity index (χ2v) is 6.30. The Hall–Kier alpha value is -0.840. The molecule has 0 aliphatic heterocycles. The second-order valence-electron chi connectivity index (χ2n) is 4.40. The Kier molecular flexibility index (Phi) is 5.02. The molecule has 0 saturated carbocycles. The fourth-order valence-electron chi connectivity index (χ4n) is 1.68. The van der Waals surface area contributed by atoms with E-state index in [4.69, 9.17) is 5.73 Å². The molecule has 0 aliphatic rings. The first kappa shape index (κ1) is 14.6. The molecule has 1 atom stereocenters. The molecule has 0 radical (unpaired) electrons. The van der Waals surface area contributed by atoms with Gasteiger partial charge in [-0.2, -0.15) is 0 Å². The molecule has 0 aliphatic carbocycles. The molecular weight excluding hydrogens is 325 g/mol. The summed E-state index contributed by atoms with van der Waals surface area (Å²) >= 11 is 4.92. The Balaban J connectivity index is 2.05. The number of hydrogen-bond donors (Lipinski definition) is 1. The normalized spacial score (nSPS) is 12.4. The van der Waals surface area contributed by atoms with Gasteiger partial charge in [0.25, 0.3) is 0 Å². The van der Waals surface area contributed by atoms with Crippen LogP contribution in [0.15, 0.2) is 51.8 Å². The number of halogens is 2. The third kappa shape index (κ3) is 4.06. The molecule has 1 unspecified atom stereocenters. The summed E-state index contributed by atoms with van der Waals surface area (Å²) in [4.78, 5) is 1.18. The minimum atomic E-state index is -0.229. The van der Waals surface area contributed by atoms with Crippen LogP contribution < -0.4 is 5.73 Å². The van der Waals surface area contributed by atoms with Crippen molar-refractivity contribution in [1.29, 1.82) is 0 Å². The minimum absolute atomic E-state index is 0.0421. The van der Waals surface area contributed by atoms with Gasteiger partial charge in [-0.3, -0.25) is 0 Å². The molecule has 0 fully saturated rings. The van der Waals surface area contributed by atoms with E-state index in [0.29, 0.717) is 4.47 Å². The van der Waals surface area contributed by atoms with Crippen LogP contribution in [-0.2, 0) is 5.75 Å². The van der Waals surface area contributed by atoms with E-state index in [1.165, 1.54) is 11.0 Å². The van der Waals surface area contributed by atoms with Crippen LogP contribution in [0.3, 0.4) is 0 Å². The topological polar surface area (TPSA) is 26.0 Å². The van der Waals surface area contributed by atoms with Crippen LogP contribution in [0, 0.1) is 5.82 Å². The number of rotatable bonds is 4. The number of nitrogens with two attached hydrogens (primary N) is 1. The van der Waals surface area contributed by atoms with E-state index in [9.17, 15) is 4.39 Å². The maximum atomic E-state index is 13.1. The molecule has 1 nitrogen and oxygen atoms in total. The zero-order chi connectivity index (χ0) is 13.8. The van der Waals surface area contributed by atoms with E-state index < -0.39 is 0 Å². The summed E-state index contributed by atoms with van der Waals surface area (Å²) in [5, 5.41) is 0. The van der Waals surface area contributed by atoms with E-state index in [1.54, 1.807) is 11.8 Å². The molecule has 2 N–H and O–H groups in total. The maximum absolute atomic E-state index is 13.1. The average Bonchev–Trinajstić information content (AvgIpc) is 2.40. The van der Waals surface area contributed by atoms with Gasteiger partial charge in [-0.05, 0) is 58.2 Å². The summed E-state index contributed by atoms with van der Waals surface area (Å²) in [6.07, 6.45) is 0. The van der Waals surface area contributed by atoms with Crippen LogP contribution in [0.25, 0.3) is 0 Å². The third-order valence-electron chi connectivity index (χ3n) is 2.77. The molecule has 2 aromatic rings. The Morgan fingerprint density at radius 3 is 2.74 bits per heavy atom. The Labute approximate surface area is 125 Å². The van der Waals surface area contributed by atoms with Gasteiger partial charge in [0, 0.05) is 16.7 Å². The van der Waals surface area contributed by atoms with Crippen molar-refractivity contribution in [3.05, 3.63) is 63.9 Å². The highest BCUT2D eigenvalue weighted by Crippen LogP contribution is 2.26. The first-order valence-corrected chi connectivity index (χ1v) is 7.76. The Bertz CT molecular complexity index is 572. The van der Waals surface area contributed by atoms with Gasteiger partial charge in [0.05, 0.1) is 4.47 Å². The lowest BCUT2D eigenvalue weighted by Gasteiger charge is -2.08. The number of benzene rings is 2. The van der Waals surface area contributed by atoms with Gasteiger partial charge in [0.15, 0.2) is 0 Å². The molecule has 0 aromatic heterocycles. The van der Waals surface area contributed by atoms with Gasteiger partial charge in [-0.15, -0.1) is 11.8 Å². The van der Waals surface area contributed by atoms with Crippen LogP contribution in [0.4, 0.5) is 4.39 Å². The Morgan fingerprint density at radius 2 is 2.05 bits per heavy atom. The van der Waals surface area contributed by atoms with E-state index in [-0.39, 0.29) is 11.9 Å². The monoisotopic (exact) mass is 339 g/mol. The summed E-state index contributed by atoms with van der Waals surface area (Å²) in [5.41, 5.74) is 8.09. The molecule has 100 valence electrons. The lowest BCUT2D eigenvalue weighted by molar-refractivity contribution is 0.620. The van der Waals surface area contributed by atoms with Crippen LogP contribution in [0.2, 0.25) is 0 Å². The smallest absolute Gasteiger partial charge is 0.137 e. The van der Waals surface area contributed by atoms with Crippen molar-refractivity contribution in [3.8, 4) is 0 Å². The highest BCUT2D eigenvalue weighted by atomic mass is 79.9. The first-order valence-electron chi connectivity index (χ1n) is 5.98. The molecule has 0 bridgehead atoms. The zero-order valence-corrected chi connectivity index (χ0v) is 13.0. The van der Waals surface area contributed by atoms with Crippen LogP contribution in [0.5, 0.6) is 0 Å². The van der Waals surface area contributed by atoms with Crippen molar-refractivity contribution in [2.45, 2.75) is 23.6 Å². The van der Waals surface area contributed by atoms with Gasteiger partial charge in [-0.1, -0.05) is 18.2 Å². The number of hydrogen-bond acceptors (Lipinski definition) is 2. The second kappa shape index (κ2) is 6.55. The number of thioether (sulfide) groups is 1. The molecule has 4 heteroatoms. The van der Waals surface area contributed by atoms with Crippen LogP contribution in [-0.4, -0.2) is 0 Å².